The van der Waals surface area contributed by atoms with Gasteiger partial charge in [-0.25, -0.2) is 0 Å². The van der Waals surface area contributed by atoms with Crippen molar-refractivity contribution in [1.82, 2.24) is 0 Å². The number of rotatable bonds is 4. The molecule has 0 fully saturated rings. The van der Waals surface area contributed by atoms with Crippen LogP contribution in [-0.2, 0) is 4.74 Å². The molecule has 1 atom stereocenters. The van der Waals surface area contributed by atoms with Crippen molar-refractivity contribution in [3.8, 4) is 0 Å². The first kappa shape index (κ1) is 14.3. The van der Waals surface area contributed by atoms with E-state index >= 15 is 0 Å². The van der Waals surface area contributed by atoms with E-state index in [0.717, 1.165) is 6.42 Å². The summed E-state index contributed by atoms with van der Waals surface area (Å²) in [6.45, 7) is 15.3. The standard InChI is InChI=1S/C12H26OS/c1-8-9-10(13-11(2,3)4)14-12(5,6)7/h10H,8-9H2,1-7H3. The molecule has 14 heavy (non-hydrogen) atoms. The summed E-state index contributed by atoms with van der Waals surface area (Å²) in [6, 6.07) is 0. The average molecular weight is 218 g/mol. The van der Waals surface area contributed by atoms with Crippen LogP contribution in [0.3, 0.4) is 0 Å². The van der Waals surface area contributed by atoms with E-state index in [1.54, 1.807) is 0 Å². The molecule has 0 aromatic heterocycles. The minimum atomic E-state index is -0.0297. The predicted molar refractivity (Wildman–Crippen MR) is 66.9 cm³/mol. The number of thioether (sulfide) groups is 1. The minimum absolute atomic E-state index is 0.0297. The van der Waals surface area contributed by atoms with Gasteiger partial charge in [-0.1, -0.05) is 34.1 Å². The third-order valence-corrected chi connectivity index (χ3v) is 2.80. The Morgan fingerprint density at radius 3 is 1.86 bits per heavy atom. The molecule has 0 rings (SSSR count). The summed E-state index contributed by atoms with van der Waals surface area (Å²) in [5.41, 5.74) is 0.304. The number of hydrogen-bond donors (Lipinski definition) is 0. The van der Waals surface area contributed by atoms with E-state index in [9.17, 15) is 0 Å². The van der Waals surface area contributed by atoms with Crippen LogP contribution in [0.1, 0.15) is 61.3 Å². The van der Waals surface area contributed by atoms with Gasteiger partial charge < -0.3 is 4.74 Å². The molecule has 1 nitrogen and oxygen atoms in total. The van der Waals surface area contributed by atoms with Gasteiger partial charge in [0.2, 0.25) is 0 Å². The van der Waals surface area contributed by atoms with Crippen molar-refractivity contribution in [2.45, 2.75) is 77.1 Å². The van der Waals surface area contributed by atoms with Crippen molar-refractivity contribution in [2.24, 2.45) is 0 Å². The predicted octanol–water partition coefficient (Wildman–Crippen LogP) is 4.46. The molecule has 0 N–H and O–H groups in total. The molecule has 0 aromatic rings. The van der Waals surface area contributed by atoms with Crippen molar-refractivity contribution in [3.63, 3.8) is 0 Å². The van der Waals surface area contributed by atoms with E-state index < -0.39 is 0 Å². The third-order valence-electron chi connectivity index (χ3n) is 1.49. The zero-order valence-corrected chi connectivity index (χ0v) is 11.6. The Balaban J connectivity index is 4.16. The summed E-state index contributed by atoms with van der Waals surface area (Å²) >= 11 is 1.93. The lowest BCUT2D eigenvalue weighted by molar-refractivity contribution is -0.0223. The maximum atomic E-state index is 6.02. The first-order chi connectivity index (χ1) is 6.14. The van der Waals surface area contributed by atoms with Crippen LogP contribution >= 0.6 is 11.8 Å². The summed E-state index contributed by atoms with van der Waals surface area (Å²) in [5, 5.41) is 0. The van der Waals surface area contributed by atoms with E-state index in [4.69, 9.17) is 4.74 Å². The van der Waals surface area contributed by atoms with Crippen molar-refractivity contribution < 1.29 is 4.74 Å². The van der Waals surface area contributed by atoms with E-state index in [0.29, 0.717) is 5.44 Å². The van der Waals surface area contributed by atoms with Gasteiger partial charge in [0.15, 0.2) is 0 Å². The molecule has 86 valence electrons. The summed E-state index contributed by atoms with van der Waals surface area (Å²) in [5.74, 6) is 0. The fourth-order valence-corrected chi connectivity index (χ4v) is 2.65. The van der Waals surface area contributed by atoms with Gasteiger partial charge in [-0.15, -0.1) is 11.8 Å². The van der Waals surface area contributed by atoms with Gasteiger partial charge in [0.25, 0.3) is 0 Å². The quantitative estimate of drug-likeness (QED) is 0.644. The Morgan fingerprint density at radius 1 is 1.07 bits per heavy atom. The van der Waals surface area contributed by atoms with Gasteiger partial charge in [0, 0.05) is 4.75 Å². The van der Waals surface area contributed by atoms with Crippen molar-refractivity contribution in [2.75, 3.05) is 0 Å². The SMILES string of the molecule is CCCC(OC(C)(C)C)SC(C)(C)C. The molecule has 0 heterocycles. The van der Waals surface area contributed by atoms with Gasteiger partial charge in [-0.3, -0.25) is 0 Å². The fourth-order valence-electron chi connectivity index (χ4n) is 1.17. The van der Waals surface area contributed by atoms with E-state index in [1.807, 2.05) is 11.8 Å². The molecule has 0 saturated heterocycles. The van der Waals surface area contributed by atoms with Gasteiger partial charge in [0.05, 0.1) is 5.60 Å². The van der Waals surface area contributed by atoms with Crippen LogP contribution in [0, 0.1) is 0 Å². The molecule has 0 aliphatic heterocycles. The maximum Gasteiger partial charge on any atom is 0.104 e. The lowest BCUT2D eigenvalue weighted by atomic mass is 10.2. The highest BCUT2D eigenvalue weighted by Crippen LogP contribution is 2.33. The van der Waals surface area contributed by atoms with Gasteiger partial charge in [-0.05, 0) is 27.2 Å². The second-order valence-electron chi connectivity index (χ2n) is 5.68. The second-order valence-corrected chi connectivity index (χ2v) is 7.66. The molecule has 0 spiro atoms. The van der Waals surface area contributed by atoms with Crippen LogP contribution in [0.5, 0.6) is 0 Å². The summed E-state index contributed by atoms with van der Waals surface area (Å²) in [6.07, 6.45) is 2.32. The molecule has 0 aromatic carbocycles. The third kappa shape index (κ3) is 8.89. The maximum absolute atomic E-state index is 6.02. The molecular weight excluding hydrogens is 192 g/mol. The lowest BCUT2D eigenvalue weighted by Gasteiger charge is -2.31. The van der Waals surface area contributed by atoms with Crippen LogP contribution in [0.25, 0.3) is 0 Å². The summed E-state index contributed by atoms with van der Waals surface area (Å²) in [4.78, 5) is 0. The highest BCUT2D eigenvalue weighted by atomic mass is 32.2. The zero-order chi connectivity index (χ0) is 11.4. The Kier molecular flexibility index (Phi) is 5.53. The monoisotopic (exact) mass is 218 g/mol. The minimum Gasteiger partial charge on any atom is -0.362 e. The van der Waals surface area contributed by atoms with Crippen LogP contribution in [0.2, 0.25) is 0 Å². The molecule has 1 unspecified atom stereocenters. The first-order valence-corrected chi connectivity index (χ1v) is 6.37. The Morgan fingerprint density at radius 2 is 1.57 bits per heavy atom. The Labute approximate surface area is 94.0 Å². The highest BCUT2D eigenvalue weighted by Gasteiger charge is 2.23. The van der Waals surface area contributed by atoms with E-state index in [1.165, 1.54) is 6.42 Å². The number of ether oxygens (including phenoxy) is 1. The molecular formula is C12H26OS. The molecule has 2 heteroatoms. The highest BCUT2D eigenvalue weighted by molar-refractivity contribution is 8.01. The average Bonchev–Trinajstić information content (AvgIpc) is 1.78. The van der Waals surface area contributed by atoms with Crippen LogP contribution in [0.4, 0.5) is 0 Å². The summed E-state index contributed by atoms with van der Waals surface area (Å²) < 4.78 is 6.30. The molecule has 0 radical (unpaired) electrons. The van der Waals surface area contributed by atoms with Gasteiger partial charge in [0.1, 0.15) is 5.44 Å². The molecule has 0 aliphatic rings. The van der Waals surface area contributed by atoms with Crippen LogP contribution in [0.15, 0.2) is 0 Å². The largest absolute Gasteiger partial charge is 0.362 e. The Bertz CT molecular complexity index is 137. The lowest BCUT2D eigenvalue weighted by Crippen LogP contribution is -2.28. The second kappa shape index (κ2) is 5.41. The van der Waals surface area contributed by atoms with Crippen LogP contribution < -0.4 is 0 Å². The molecule has 0 amide bonds. The van der Waals surface area contributed by atoms with Crippen molar-refractivity contribution in [3.05, 3.63) is 0 Å². The summed E-state index contributed by atoms with van der Waals surface area (Å²) in [7, 11) is 0. The first-order valence-electron chi connectivity index (χ1n) is 5.50. The van der Waals surface area contributed by atoms with Crippen LogP contribution in [-0.4, -0.2) is 15.8 Å². The van der Waals surface area contributed by atoms with Crippen molar-refractivity contribution in [1.29, 1.82) is 0 Å². The zero-order valence-electron chi connectivity index (χ0n) is 10.8. The Hall–Kier alpha value is 0.310. The molecule has 0 aliphatic carbocycles. The van der Waals surface area contributed by atoms with E-state index in [2.05, 4.69) is 48.5 Å². The normalized spacial score (nSPS) is 15.6. The van der Waals surface area contributed by atoms with Gasteiger partial charge in [-0.2, -0.15) is 0 Å². The fraction of sp³-hybridized carbons (Fsp3) is 1.00. The number of hydrogen-bond acceptors (Lipinski definition) is 2. The van der Waals surface area contributed by atoms with Gasteiger partial charge >= 0.3 is 0 Å². The topological polar surface area (TPSA) is 9.23 Å². The van der Waals surface area contributed by atoms with E-state index in [-0.39, 0.29) is 10.3 Å². The smallest absolute Gasteiger partial charge is 0.104 e. The van der Waals surface area contributed by atoms with Crippen molar-refractivity contribution >= 4 is 11.8 Å². The molecule has 0 saturated carbocycles. The molecule has 0 bridgehead atoms.